The quantitative estimate of drug-likeness (QED) is 0.0470. The minimum absolute atomic E-state index is 0.684. The highest BCUT2D eigenvalue weighted by Gasteiger charge is 2.40. The molecule has 0 aliphatic rings. The van der Waals surface area contributed by atoms with Crippen LogP contribution >= 0.6 is 0 Å². The normalized spacial score (nSPS) is 12.0. The van der Waals surface area contributed by atoms with Gasteiger partial charge in [-0.05, 0) is 32.2 Å². The van der Waals surface area contributed by atoms with E-state index in [1.165, 1.54) is 289 Å². The summed E-state index contributed by atoms with van der Waals surface area (Å²) in [7, 11) is -2.75. The average Bonchev–Trinajstić information content (AvgIpc) is 3.31. The SMILES string of the molecule is CCCCCCCCCCCCCCCCCCO[Si](CCCNCCN)(OCCCCCCCCCCCCCCCCCC)OCCCCCCCCCCCCCCCCCC. The van der Waals surface area contributed by atoms with Gasteiger partial charge in [0.05, 0.1) is 0 Å². The van der Waals surface area contributed by atoms with Crippen molar-refractivity contribution in [2.24, 2.45) is 5.73 Å². The van der Waals surface area contributed by atoms with Crippen LogP contribution in [0.1, 0.15) is 335 Å². The molecule has 0 aromatic carbocycles. The lowest BCUT2D eigenvalue weighted by Crippen LogP contribution is -2.47. The van der Waals surface area contributed by atoms with E-state index in [-0.39, 0.29) is 0 Å². The maximum absolute atomic E-state index is 6.86. The van der Waals surface area contributed by atoms with E-state index >= 15 is 0 Å². The highest BCUT2D eigenvalue weighted by Crippen LogP contribution is 2.23. The summed E-state index contributed by atoms with van der Waals surface area (Å²) >= 11 is 0. The first-order valence-electron chi connectivity index (χ1n) is 30.6. The Kier molecular flexibility index (Phi) is 58.3. The van der Waals surface area contributed by atoms with Gasteiger partial charge in [-0.1, -0.05) is 310 Å². The van der Waals surface area contributed by atoms with E-state index in [1.54, 1.807) is 0 Å². The van der Waals surface area contributed by atoms with Crippen LogP contribution < -0.4 is 11.1 Å². The Morgan fingerprint density at radius 1 is 0.262 bits per heavy atom. The molecule has 0 aromatic rings. The molecule has 0 rings (SSSR count). The van der Waals surface area contributed by atoms with Gasteiger partial charge in [0, 0.05) is 39.0 Å². The van der Waals surface area contributed by atoms with E-state index in [1.807, 2.05) is 0 Å². The molecule has 0 fully saturated rings. The van der Waals surface area contributed by atoms with Gasteiger partial charge in [0.2, 0.25) is 0 Å². The Hall–Kier alpha value is 0.0169. The number of nitrogens with two attached hydrogens (primary N) is 1. The lowest BCUT2D eigenvalue weighted by molar-refractivity contribution is 0.0547. The first-order chi connectivity index (χ1) is 32.2. The lowest BCUT2D eigenvalue weighted by Gasteiger charge is -2.30. The van der Waals surface area contributed by atoms with Gasteiger partial charge in [-0.25, -0.2) is 0 Å². The molecule has 3 N–H and O–H groups in total. The fraction of sp³-hybridized carbons (Fsp3) is 1.00. The molecule has 0 heterocycles. The maximum atomic E-state index is 6.86. The van der Waals surface area contributed by atoms with Crippen molar-refractivity contribution in [1.82, 2.24) is 5.32 Å². The molecule has 0 atom stereocenters. The molecule has 0 radical (unpaired) electrons. The zero-order valence-corrected chi connectivity index (χ0v) is 46.4. The fourth-order valence-corrected chi connectivity index (χ4v) is 12.3. The van der Waals surface area contributed by atoms with Crippen LogP contribution in [-0.4, -0.2) is 48.3 Å². The van der Waals surface area contributed by atoms with Crippen molar-refractivity contribution in [2.75, 3.05) is 39.5 Å². The monoisotopic (exact) mass is 937 g/mol. The zero-order chi connectivity index (χ0) is 46.9. The first kappa shape index (κ1) is 65.0. The largest absolute Gasteiger partial charge is 0.501 e. The second kappa shape index (κ2) is 58.3. The minimum Gasteiger partial charge on any atom is -0.373 e. The van der Waals surface area contributed by atoms with Crippen molar-refractivity contribution in [1.29, 1.82) is 0 Å². The zero-order valence-electron chi connectivity index (χ0n) is 45.4. The van der Waals surface area contributed by atoms with Gasteiger partial charge in [0.25, 0.3) is 0 Å². The van der Waals surface area contributed by atoms with Crippen LogP contribution in [0.4, 0.5) is 0 Å². The molecule has 0 bridgehead atoms. The second-order valence-corrected chi connectivity index (χ2v) is 23.5. The van der Waals surface area contributed by atoms with Gasteiger partial charge in [-0.15, -0.1) is 0 Å². The van der Waals surface area contributed by atoms with Crippen LogP contribution in [0, 0.1) is 0 Å². The summed E-state index contributed by atoms with van der Waals surface area (Å²) in [6.45, 7) is 11.8. The van der Waals surface area contributed by atoms with Crippen LogP contribution in [0.2, 0.25) is 6.04 Å². The van der Waals surface area contributed by atoms with Gasteiger partial charge in [0.15, 0.2) is 0 Å². The molecule has 65 heavy (non-hydrogen) atoms. The summed E-state index contributed by atoms with van der Waals surface area (Å²) in [5, 5.41) is 3.52. The van der Waals surface area contributed by atoms with Crippen molar-refractivity contribution in [3.63, 3.8) is 0 Å². The van der Waals surface area contributed by atoms with Crippen molar-refractivity contribution >= 4 is 8.80 Å². The molecule has 0 aliphatic carbocycles. The predicted molar refractivity (Wildman–Crippen MR) is 294 cm³/mol. The molecule has 0 saturated heterocycles. The van der Waals surface area contributed by atoms with Crippen molar-refractivity contribution in [2.45, 2.75) is 341 Å². The molecule has 6 heteroatoms. The second-order valence-electron chi connectivity index (χ2n) is 20.8. The minimum atomic E-state index is -2.75. The standard InChI is InChI=1S/C59H124N2O3Si/c1-4-7-10-13-16-19-22-25-28-31-34-37-40-43-46-49-56-62-65(59-52-54-61-55-53-60,63-57-50-47-44-41-38-35-32-29-26-23-20-17-14-11-8-5-2)64-58-51-48-45-42-39-36-33-30-27-24-21-18-15-12-9-6-3/h61H,4-60H2,1-3H3. The Morgan fingerprint density at radius 3 is 0.662 bits per heavy atom. The average molecular weight is 938 g/mol. The summed E-state index contributed by atoms with van der Waals surface area (Å²) in [4.78, 5) is 0. The Morgan fingerprint density at radius 2 is 0.462 bits per heavy atom. The van der Waals surface area contributed by atoms with Crippen molar-refractivity contribution < 1.29 is 13.3 Å². The van der Waals surface area contributed by atoms with Gasteiger partial charge in [-0.3, -0.25) is 0 Å². The van der Waals surface area contributed by atoms with E-state index in [0.29, 0.717) is 6.54 Å². The molecule has 0 unspecified atom stereocenters. The highest BCUT2D eigenvalue weighted by atomic mass is 28.4. The summed E-state index contributed by atoms with van der Waals surface area (Å²) in [6.07, 6.45) is 67.8. The van der Waals surface area contributed by atoms with E-state index in [9.17, 15) is 0 Å². The van der Waals surface area contributed by atoms with Crippen LogP contribution in [0.5, 0.6) is 0 Å². The Bertz CT molecular complexity index is 740. The van der Waals surface area contributed by atoms with Crippen LogP contribution in [-0.2, 0) is 13.3 Å². The van der Waals surface area contributed by atoms with Gasteiger partial charge in [0.1, 0.15) is 0 Å². The molecule has 392 valence electrons. The summed E-state index contributed by atoms with van der Waals surface area (Å²) < 4.78 is 20.6. The van der Waals surface area contributed by atoms with Crippen LogP contribution in [0.15, 0.2) is 0 Å². The van der Waals surface area contributed by atoms with E-state index < -0.39 is 8.80 Å². The summed E-state index contributed by atoms with van der Waals surface area (Å²) in [5.41, 5.74) is 5.80. The molecule has 0 spiro atoms. The van der Waals surface area contributed by atoms with Gasteiger partial charge < -0.3 is 24.3 Å². The predicted octanol–water partition coefficient (Wildman–Crippen LogP) is 19.7. The number of unbranched alkanes of at least 4 members (excludes halogenated alkanes) is 45. The third-order valence-corrected chi connectivity index (χ3v) is 17.0. The third kappa shape index (κ3) is 53.2. The molecule has 0 saturated carbocycles. The molecule has 0 aliphatic heterocycles. The number of hydrogen-bond acceptors (Lipinski definition) is 5. The van der Waals surface area contributed by atoms with Crippen LogP contribution in [0.3, 0.4) is 0 Å². The number of nitrogens with one attached hydrogen (secondary N) is 1. The molecule has 0 aromatic heterocycles. The first-order valence-corrected chi connectivity index (χ1v) is 32.5. The summed E-state index contributed by atoms with van der Waals surface area (Å²) in [5.74, 6) is 0. The Labute approximate surface area is 412 Å². The number of rotatable bonds is 60. The highest BCUT2D eigenvalue weighted by molar-refractivity contribution is 6.60. The van der Waals surface area contributed by atoms with E-state index in [2.05, 4.69) is 26.1 Å². The van der Waals surface area contributed by atoms with Crippen molar-refractivity contribution in [3.8, 4) is 0 Å². The maximum Gasteiger partial charge on any atom is 0.501 e. The topological polar surface area (TPSA) is 65.7 Å². The van der Waals surface area contributed by atoms with Crippen LogP contribution in [0.25, 0.3) is 0 Å². The van der Waals surface area contributed by atoms with E-state index in [0.717, 1.165) is 64.6 Å². The smallest absolute Gasteiger partial charge is 0.373 e. The third-order valence-electron chi connectivity index (χ3n) is 14.1. The fourth-order valence-electron chi connectivity index (χ4n) is 9.63. The van der Waals surface area contributed by atoms with Crippen molar-refractivity contribution in [3.05, 3.63) is 0 Å². The Balaban J connectivity index is 4.62. The molecule has 0 amide bonds. The lowest BCUT2D eigenvalue weighted by atomic mass is 10.0. The number of hydrogen-bond donors (Lipinski definition) is 2. The molecular formula is C59H124N2O3Si. The van der Waals surface area contributed by atoms with Gasteiger partial charge in [-0.2, -0.15) is 0 Å². The molecular weight excluding hydrogens is 813 g/mol. The van der Waals surface area contributed by atoms with E-state index in [4.69, 9.17) is 19.0 Å². The summed E-state index contributed by atoms with van der Waals surface area (Å²) in [6, 6.07) is 0.918. The molecule has 5 nitrogen and oxygen atoms in total. The van der Waals surface area contributed by atoms with Gasteiger partial charge >= 0.3 is 8.80 Å².